The van der Waals surface area contributed by atoms with Crippen molar-refractivity contribution in [3.63, 3.8) is 0 Å². The smallest absolute Gasteiger partial charge is 0.376 e. The summed E-state index contributed by atoms with van der Waals surface area (Å²) in [6.45, 7) is 9.33. The average Bonchev–Trinajstić information content (AvgIpc) is 3.42. The molecule has 2 rings (SSSR count). The summed E-state index contributed by atoms with van der Waals surface area (Å²) in [6, 6.07) is 10.0. The molecule has 2 unspecified atom stereocenters. The van der Waals surface area contributed by atoms with E-state index in [-0.39, 0.29) is 6.10 Å². The number of benzene rings is 1. The molecule has 24 heavy (non-hydrogen) atoms. The quantitative estimate of drug-likeness (QED) is 0.309. The van der Waals surface area contributed by atoms with Crippen LogP contribution in [0.15, 0.2) is 30.3 Å². The van der Waals surface area contributed by atoms with E-state index >= 15 is 0 Å². The summed E-state index contributed by atoms with van der Waals surface area (Å²) < 4.78 is 29.1. The van der Waals surface area contributed by atoms with Gasteiger partial charge in [0.15, 0.2) is 0 Å². The average molecular weight is 355 g/mol. The Balaban J connectivity index is 1.83. The molecule has 1 aromatic rings. The molecule has 0 N–H and O–H groups in total. The molecule has 1 saturated heterocycles. The van der Waals surface area contributed by atoms with E-state index in [9.17, 15) is 0 Å². The number of hydrogen-bond donors (Lipinski definition) is 0. The van der Waals surface area contributed by atoms with E-state index < -0.39 is 8.80 Å². The van der Waals surface area contributed by atoms with Gasteiger partial charge in [-0.1, -0.05) is 30.3 Å². The molecule has 1 heterocycles. The molecule has 1 aliphatic rings. The molecule has 0 saturated carbocycles. The molecule has 0 aliphatic carbocycles. The number of ether oxygens (including phenoxy) is 2. The van der Waals surface area contributed by atoms with Gasteiger partial charge in [-0.3, -0.25) is 0 Å². The highest BCUT2D eigenvalue weighted by atomic mass is 28.4. The molecule has 6 heteroatoms. The van der Waals surface area contributed by atoms with Crippen molar-refractivity contribution in [3.8, 4) is 0 Å². The fourth-order valence-electron chi connectivity index (χ4n) is 2.49. The Hall–Kier alpha value is -0.763. The van der Waals surface area contributed by atoms with E-state index in [2.05, 4.69) is 6.92 Å². The van der Waals surface area contributed by atoms with Crippen molar-refractivity contribution >= 4 is 14.0 Å². The second kappa shape index (κ2) is 10.3. The van der Waals surface area contributed by atoms with Gasteiger partial charge >= 0.3 is 8.80 Å². The first-order valence-electron chi connectivity index (χ1n) is 8.90. The van der Waals surface area contributed by atoms with Gasteiger partial charge in [0.05, 0.1) is 19.3 Å². The first-order valence-corrected chi connectivity index (χ1v) is 10.6. The van der Waals surface area contributed by atoms with Crippen molar-refractivity contribution in [1.82, 2.24) is 0 Å². The van der Waals surface area contributed by atoms with Crippen LogP contribution in [-0.2, 0) is 22.8 Å². The van der Waals surface area contributed by atoms with Crippen molar-refractivity contribution in [2.24, 2.45) is 0 Å². The first kappa shape index (κ1) is 19.6. The Labute approximate surface area is 146 Å². The van der Waals surface area contributed by atoms with Crippen LogP contribution in [0.5, 0.6) is 0 Å². The largest absolute Gasteiger partial charge is 0.537 e. The van der Waals surface area contributed by atoms with Crippen molar-refractivity contribution in [1.29, 1.82) is 0 Å². The van der Waals surface area contributed by atoms with Crippen molar-refractivity contribution in [3.05, 3.63) is 30.3 Å². The SMILES string of the molecule is CCO[Si](OCC)(OCCCC(C)OCC1CO1)c1ccccc1. The molecule has 1 aromatic carbocycles. The second-order valence-corrected chi connectivity index (χ2v) is 8.43. The van der Waals surface area contributed by atoms with Crippen LogP contribution < -0.4 is 5.19 Å². The molecule has 0 radical (unpaired) electrons. The highest BCUT2D eigenvalue weighted by molar-refractivity contribution is 6.75. The van der Waals surface area contributed by atoms with Crippen molar-refractivity contribution in [2.45, 2.75) is 45.8 Å². The van der Waals surface area contributed by atoms with Crippen LogP contribution >= 0.6 is 0 Å². The molecule has 0 spiro atoms. The highest BCUT2D eigenvalue weighted by Gasteiger charge is 2.43. The highest BCUT2D eigenvalue weighted by Crippen LogP contribution is 2.14. The first-order chi connectivity index (χ1) is 11.7. The maximum atomic E-state index is 6.20. The van der Waals surface area contributed by atoms with E-state index in [0.29, 0.717) is 32.5 Å². The molecule has 0 aromatic heterocycles. The fraction of sp³-hybridized carbons (Fsp3) is 0.667. The normalized spacial score (nSPS) is 18.5. The fourth-order valence-corrected chi connectivity index (χ4v) is 5.02. The lowest BCUT2D eigenvalue weighted by atomic mass is 10.2. The number of hydrogen-bond acceptors (Lipinski definition) is 5. The maximum absolute atomic E-state index is 6.20. The van der Waals surface area contributed by atoms with Crippen LogP contribution in [-0.4, -0.2) is 54.0 Å². The monoisotopic (exact) mass is 354 g/mol. The summed E-state index contributed by atoms with van der Waals surface area (Å²) in [5.41, 5.74) is 0. The summed E-state index contributed by atoms with van der Waals surface area (Å²) in [7, 11) is -2.83. The second-order valence-electron chi connectivity index (χ2n) is 5.88. The van der Waals surface area contributed by atoms with Crippen molar-refractivity contribution < 1.29 is 22.8 Å². The van der Waals surface area contributed by atoms with Gasteiger partial charge in [0.2, 0.25) is 0 Å². The van der Waals surface area contributed by atoms with Gasteiger partial charge in [0.25, 0.3) is 0 Å². The molecule has 0 amide bonds. The molecular weight excluding hydrogens is 324 g/mol. The lowest BCUT2D eigenvalue weighted by Crippen LogP contribution is -2.57. The van der Waals surface area contributed by atoms with Gasteiger partial charge in [-0.2, -0.15) is 0 Å². The molecule has 5 nitrogen and oxygen atoms in total. The minimum atomic E-state index is -2.83. The van der Waals surface area contributed by atoms with E-state index in [1.165, 1.54) is 0 Å². The Bertz CT molecular complexity index is 446. The van der Waals surface area contributed by atoms with Crippen LogP contribution in [0.4, 0.5) is 0 Å². The predicted molar refractivity (Wildman–Crippen MR) is 95.4 cm³/mol. The van der Waals surface area contributed by atoms with Gasteiger partial charge in [0.1, 0.15) is 6.10 Å². The summed E-state index contributed by atoms with van der Waals surface area (Å²) >= 11 is 0. The third kappa shape index (κ3) is 6.27. The van der Waals surface area contributed by atoms with Gasteiger partial charge in [-0.15, -0.1) is 0 Å². The maximum Gasteiger partial charge on any atom is 0.537 e. The Morgan fingerprint density at radius 1 is 1.12 bits per heavy atom. The Kier molecular flexibility index (Phi) is 8.38. The van der Waals surface area contributed by atoms with Gasteiger partial charge in [0, 0.05) is 25.0 Å². The van der Waals surface area contributed by atoms with Crippen LogP contribution in [0, 0.1) is 0 Å². The molecule has 136 valence electrons. The third-order valence-corrected chi connectivity index (χ3v) is 6.77. The number of epoxide rings is 1. The molecular formula is C18H30O5Si. The Morgan fingerprint density at radius 2 is 1.79 bits per heavy atom. The topological polar surface area (TPSA) is 49.5 Å². The Morgan fingerprint density at radius 3 is 2.38 bits per heavy atom. The van der Waals surface area contributed by atoms with E-state index in [4.69, 9.17) is 22.8 Å². The zero-order valence-corrected chi connectivity index (χ0v) is 16.0. The third-order valence-electron chi connectivity index (χ3n) is 3.81. The van der Waals surface area contributed by atoms with E-state index in [0.717, 1.165) is 24.6 Å². The summed E-state index contributed by atoms with van der Waals surface area (Å²) in [5.74, 6) is 0. The minimum Gasteiger partial charge on any atom is -0.376 e. The lowest BCUT2D eigenvalue weighted by molar-refractivity contribution is 0.0392. The zero-order valence-electron chi connectivity index (χ0n) is 15.0. The lowest BCUT2D eigenvalue weighted by Gasteiger charge is -2.29. The number of rotatable bonds is 13. The molecule has 0 bridgehead atoms. The van der Waals surface area contributed by atoms with Crippen LogP contribution in [0.3, 0.4) is 0 Å². The van der Waals surface area contributed by atoms with Gasteiger partial charge < -0.3 is 22.8 Å². The predicted octanol–water partition coefficient (Wildman–Crippen LogP) is 2.51. The summed E-state index contributed by atoms with van der Waals surface area (Å²) in [5, 5.41) is 1.02. The minimum absolute atomic E-state index is 0.213. The van der Waals surface area contributed by atoms with Crippen LogP contribution in [0.25, 0.3) is 0 Å². The molecule has 1 fully saturated rings. The molecule has 2 atom stereocenters. The van der Waals surface area contributed by atoms with Crippen LogP contribution in [0.2, 0.25) is 0 Å². The molecule has 1 aliphatic heterocycles. The van der Waals surface area contributed by atoms with Crippen molar-refractivity contribution in [2.75, 3.05) is 33.0 Å². The van der Waals surface area contributed by atoms with Gasteiger partial charge in [-0.05, 0) is 33.6 Å². The van der Waals surface area contributed by atoms with Gasteiger partial charge in [-0.25, -0.2) is 0 Å². The van der Waals surface area contributed by atoms with Crippen LogP contribution in [0.1, 0.15) is 33.6 Å². The summed E-state index contributed by atoms with van der Waals surface area (Å²) in [6.07, 6.45) is 2.39. The zero-order chi connectivity index (χ0) is 17.3. The standard InChI is InChI=1S/C18H30O5Si/c1-4-21-24(22-5-2,18-11-7-6-8-12-18)23-13-9-10-16(3)19-14-17-15-20-17/h6-8,11-12,16-17H,4-5,9-10,13-15H2,1-3H3. The van der Waals surface area contributed by atoms with E-state index in [1.54, 1.807) is 0 Å². The summed E-state index contributed by atoms with van der Waals surface area (Å²) in [4.78, 5) is 0. The van der Waals surface area contributed by atoms with E-state index in [1.807, 2.05) is 44.2 Å².